The van der Waals surface area contributed by atoms with Gasteiger partial charge in [-0.05, 0) is 34.1 Å². The lowest BCUT2D eigenvalue weighted by atomic mass is 10.2. The highest BCUT2D eigenvalue weighted by molar-refractivity contribution is 5.65. The molecule has 458 valence electrons. The predicted molar refractivity (Wildman–Crippen MR) is 200 cm³/mol. The first-order valence-electron chi connectivity index (χ1n) is 20.7. The SMILES string of the molecule is CC(F)(F)C1OC(=O)OC1(F)F.CC1(F)OC(=O)OC1(C)F.CC1OC(=O)OC1(C)F.CC1OC(=O)OC1(F)F.CC1OC(=O)OC1C.CCC1OC(=O)OC1(F)F.O=C1OC(F)C(C(F)(F)F)O1.O=C1OCC(C(F)(F)F)O1. The molecule has 0 aromatic heterocycles. The molecule has 42 heteroatoms. The number of ether oxygens (including phenoxy) is 16. The van der Waals surface area contributed by atoms with Crippen LogP contribution < -0.4 is 0 Å². The number of cyclic esters (lactones) is 16. The van der Waals surface area contributed by atoms with E-state index in [1.54, 1.807) is 13.8 Å². The summed E-state index contributed by atoms with van der Waals surface area (Å²) >= 11 is 0. The lowest BCUT2D eigenvalue weighted by Gasteiger charge is -2.19. The lowest BCUT2D eigenvalue weighted by Crippen LogP contribution is -2.43. The monoisotopic (exact) mass is 1210 g/mol. The summed E-state index contributed by atoms with van der Waals surface area (Å²) < 4.78 is 279. The van der Waals surface area contributed by atoms with Crippen LogP contribution in [0.1, 0.15) is 68.7 Å². The second-order valence-corrected chi connectivity index (χ2v) is 15.8. The van der Waals surface area contributed by atoms with Gasteiger partial charge in [0.1, 0.15) is 18.8 Å². The Labute approximate surface area is 427 Å². The molecular formula is C37H40F18O24. The van der Waals surface area contributed by atoms with Crippen molar-refractivity contribution in [2.75, 3.05) is 6.61 Å². The number of carbonyl (C=O) groups is 8. The Morgan fingerprint density at radius 2 is 0.873 bits per heavy atom. The molecule has 8 rings (SSSR count). The van der Waals surface area contributed by atoms with Crippen molar-refractivity contribution in [3.05, 3.63) is 0 Å². The molecule has 8 saturated heterocycles. The van der Waals surface area contributed by atoms with Crippen LogP contribution in [-0.4, -0.2) is 165 Å². The van der Waals surface area contributed by atoms with Crippen LogP contribution >= 0.6 is 0 Å². The minimum absolute atomic E-state index is 0.0543. The highest BCUT2D eigenvalue weighted by atomic mass is 19.4. The molecular weight excluding hydrogens is 1170 g/mol. The predicted octanol–water partition coefficient (Wildman–Crippen LogP) is 10.6. The molecule has 12 atom stereocenters. The molecule has 8 aliphatic heterocycles. The molecule has 0 spiro atoms. The van der Waals surface area contributed by atoms with Crippen molar-refractivity contribution in [1.82, 2.24) is 0 Å². The fourth-order valence-electron chi connectivity index (χ4n) is 4.49. The second-order valence-electron chi connectivity index (χ2n) is 15.8. The van der Waals surface area contributed by atoms with Crippen LogP contribution in [0.2, 0.25) is 0 Å². The van der Waals surface area contributed by atoms with Crippen LogP contribution in [-0.2, 0) is 75.8 Å². The second kappa shape index (κ2) is 25.8. The quantitative estimate of drug-likeness (QED) is 0.141. The third kappa shape index (κ3) is 21.6. The van der Waals surface area contributed by atoms with Gasteiger partial charge in [-0.15, -0.1) is 0 Å². The van der Waals surface area contributed by atoms with Crippen LogP contribution in [0, 0.1) is 0 Å². The van der Waals surface area contributed by atoms with E-state index in [4.69, 9.17) is 0 Å². The van der Waals surface area contributed by atoms with E-state index in [1.165, 1.54) is 13.8 Å². The average molecular weight is 1210 g/mol. The number of hydrogen-bond acceptors (Lipinski definition) is 24. The normalized spacial score (nSPS) is 33.6. The maximum absolute atomic E-state index is 12.7. The molecule has 0 aliphatic carbocycles. The Morgan fingerprint density at radius 1 is 0.456 bits per heavy atom. The van der Waals surface area contributed by atoms with E-state index in [-0.39, 0.29) is 25.6 Å². The first-order valence-corrected chi connectivity index (χ1v) is 20.7. The summed E-state index contributed by atoms with van der Waals surface area (Å²) in [6.07, 6.45) is -44.9. The maximum atomic E-state index is 12.7. The van der Waals surface area contributed by atoms with Crippen molar-refractivity contribution in [1.29, 1.82) is 0 Å². The summed E-state index contributed by atoms with van der Waals surface area (Å²) in [7, 11) is 0. The smallest absolute Gasteiger partial charge is 0.430 e. The van der Waals surface area contributed by atoms with Gasteiger partial charge in [-0.25, -0.2) is 47.1 Å². The Bertz CT molecular complexity index is 2090. The molecule has 0 amide bonds. The van der Waals surface area contributed by atoms with Crippen LogP contribution in [0.15, 0.2) is 0 Å². The summed E-state index contributed by atoms with van der Waals surface area (Å²) in [5.74, 6) is -11.1. The van der Waals surface area contributed by atoms with Gasteiger partial charge in [0, 0.05) is 27.7 Å². The number of carbonyl (C=O) groups excluding carboxylic acids is 8. The van der Waals surface area contributed by atoms with E-state index in [2.05, 4.69) is 75.8 Å². The highest BCUT2D eigenvalue weighted by Gasteiger charge is 2.64. The number of halogens is 18. The summed E-state index contributed by atoms with van der Waals surface area (Å²) in [6.45, 7) is 9.80. The fraction of sp³-hybridized carbons (Fsp3) is 0.784. The minimum Gasteiger partial charge on any atom is -0.430 e. The molecule has 8 aliphatic rings. The van der Waals surface area contributed by atoms with Crippen LogP contribution in [0.3, 0.4) is 0 Å². The van der Waals surface area contributed by atoms with Crippen LogP contribution in [0.4, 0.5) is 117 Å². The van der Waals surface area contributed by atoms with E-state index in [0.29, 0.717) is 0 Å². The van der Waals surface area contributed by atoms with E-state index in [0.717, 1.165) is 27.7 Å². The molecule has 79 heavy (non-hydrogen) atoms. The van der Waals surface area contributed by atoms with Crippen molar-refractivity contribution in [2.24, 2.45) is 0 Å². The Morgan fingerprint density at radius 3 is 1.03 bits per heavy atom. The molecule has 8 heterocycles. The highest BCUT2D eigenvalue weighted by Crippen LogP contribution is 2.40. The molecule has 0 bridgehead atoms. The van der Waals surface area contributed by atoms with Gasteiger partial charge in [0.2, 0.25) is 18.3 Å². The molecule has 0 radical (unpaired) electrons. The van der Waals surface area contributed by atoms with Crippen LogP contribution in [0.25, 0.3) is 0 Å². The minimum atomic E-state index is -4.91. The molecule has 0 N–H and O–H groups in total. The Balaban J connectivity index is 0.000000452. The number of hydrogen-bond donors (Lipinski definition) is 0. The first kappa shape index (κ1) is 69.9. The summed E-state index contributed by atoms with van der Waals surface area (Å²) in [5.41, 5.74) is 0. The van der Waals surface area contributed by atoms with Gasteiger partial charge in [-0.3, -0.25) is 0 Å². The zero-order valence-corrected chi connectivity index (χ0v) is 40.7. The van der Waals surface area contributed by atoms with Gasteiger partial charge in [-0.2, -0.15) is 70.2 Å². The number of rotatable bonds is 2. The zero-order valence-electron chi connectivity index (χ0n) is 40.7. The van der Waals surface area contributed by atoms with Gasteiger partial charge < -0.3 is 75.8 Å². The van der Waals surface area contributed by atoms with Crippen molar-refractivity contribution < 1.29 is 193 Å². The van der Waals surface area contributed by atoms with Gasteiger partial charge in [-0.1, -0.05) is 6.92 Å². The molecule has 24 nitrogen and oxygen atoms in total. The lowest BCUT2D eigenvalue weighted by molar-refractivity contribution is -0.246. The van der Waals surface area contributed by atoms with Crippen molar-refractivity contribution in [3.8, 4) is 0 Å². The van der Waals surface area contributed by atoms with Gasteiger partial charge >= 0.3 is 91.6 Å². The van der Waals surface area contributed by atoms with Gasteiger partial charge in [0.25, 0.3) is 30.3 Å². The van der Waals surface area contributed by atoms with Crippen molar-refractivity contribution in [3.63, 3.8) is 0 Å². The molecule has 0 aromatic rings. The Kier molecular flexibility index (Phi) is 22.8. The van der Waals surface area contributed by atoms with Gasteiger partial charge in [0.05, 0.1) is 0 Å². The van der Waals surface area contributed by atoms with Crippen molar-refractivity contribution >= 4 is 49.2 Å². The largest absolute Gasteiger partial charge is 0.514 e. The van der Waals surface area contributed by atoms with E-state index in [9.17, 15) is 117 Å². The molecule has 0 saturated carbocycles. The van der Waals surface area contributed by atoms with Crippen LogP contribution in [0.5, 0.6) is 0 Å². The summed E-state index contributed by atoms with van der Waals surface area (Å²) in [4.78, 5) is 80.5. The van der Waals surface area contributed by atoms with Crippen molar-refractivity contribution in [2.45, 2.75) is 178 Å². The van der Waals surface area contributed by atoms with E-state index in [1.807, 2.05) is 0 Å². The molecule has 0 aromatic carbocycles. The topological polar surface area (TPSA) is 284 Å². The number of alkyl halides is 18. The molecule has 8 fully saturated rings. The fourth-order valence-corrected chi connectivity index (χ4v) is 4.49. The standard InChI is InChI=1S/C5H4F4O3.2C5H6F2O3.C5H7FO3.C5H8O3.C4H2F4O3.C4H3F3O3.C4H4F2O3/c1-4(6,7)2-5(8,9)12-3(10)11-2;1-4(6)5(2,7)10-3(8)9-4;1-2-3-5(6,7)10-4(8)9-3;1-3-5(2,6)9-4(7)8-3;1-3-4(2)8-5(6)7-3;5-2-1(4(6,7)8)10-3(9)11-2;5-4(6,7)2-1-9-3(8)10-2;1-2-4(5,6)9-3(7)8-2/h2H,1H3;1-2H3;3H,2H2,1H3;3H,1-2H3;3-4H,1-2H3;1-2H;2H,1H2;2H,1H3. The first-order chi connectivity index (χ1) is 35.3. The zero-order chi connectivity index (χ0) is 62.0. The Hall–Kier alpha value is -7.10. The summed E-state index contributed by atoms with van der Waals surface area (Å²) in [6, 6.07) is 0. The molecule has 12 unspecified atom stereocenters. The van der Waals surface area contributed by atoms with E-state index < -0.39 is 153 Å². The van der Waals surface area contributed by atoms with Gasteiger partial charge in [0.15, 0.2) is 6.10 Å². The third-order valence-electron chi connectivity index (χ3n) is 9.17. The third-order valence-corrected chi connectivity index (χ3v) is 9.17. The average Bonchev–Trinajstić information content (AvgIpc) is 4.11. The van der Waals surface area contributed by atoms with E-state index >= 15 is 0 Å². The maximum Gasteiger partial charge on any atom is 0.514 e. The summed E-state index contributed by atoms with van der Waals surface area (Å²) in [5, 5.41) is 0.